The molecule has 0 atom stereocenters. The minimum atomic E-state index is 0.321. The fraction of sp³-hybridized carbons (Fsp3) is 0.593. The molecule has 2 aromatic rings. The van der Waals surface area contributed by atoms with E-state index in [4.69, 9.17) is 4.98 Å². The molecule has 1 aromatic heterocycles. The second-order valence-corrected chi connectivity index (χ2v) is 9.06. The first-order valence-corrected chi connectivity index (χ1v) is 12.5. The van der Waals surface area contributed by atoms with E-state index in [9.17, 15) is 4.79 Å². The van der Waals surface area contributed by atoms with Crippen molar-refractivity contribution in [2.75, 3.05) is 31.1 Å². The van der Waals surface area contributed by atoms with Crippen molar-refractivity contribution in [1.29, 1.82) is 0 Å². The maximum Gasteiger partial charge on any atom is 0.222 e. The summed E-state index contributed by atoms with van der Waals surface area (Å²) in [7, 11) is 0. The normalized spacial score (nSPS) is 14.5. The summed E-state index contributed by atoms with van der Waals surface area (Å²) >= 11 is 0. The minimum absolute atomic E-state index is 0.321. The van der Waals surface area contributed by atoms with E-state index in [0.29, 0.717) is 12.3 Å². The Morgan fingerprint density at radius 1 is 0.906 bits per heavy atom. The highest BCUT2D eigenvalue weighted by Crippen LogP contribution is 2.25. The molecule has 0 aliphatic carbocycles. The molecule has 1 aliphatic heterocycles. The summed E-state index contributed by atoms with van der Waals surface area (Å²) in [5, 5.41) is 0. The van der Waals surface area contributed by atoms with Crippen LogP contribution in [0.25, 0.3) is 0 Å². The first-order valence-electron chi connectivity index (χ1n) is 12.5. The van der Waals surface area contributed by atoms with Crippen LogP contribution in [0.1, 0.15) is 80.9 Å². The van der Waals surface area contributed by atoms with E-state index >= 15 is 0 Å². The number of hydrogen-bond acceptors (Lipinski definition) is 4. The summed E-state index contributed by atoms with van der Waals surface area (Å²) in [6, 6.07) is 10.5. The van der Waals surface area contributed by atoms with Crippen LogP contribution < -0.4 is 4.90 Å². The van der Waals surface area contributed by atoms with Gasteiger partial charge in [0.25, 0.3) is 0 Å². The summed E-state index contributed by atoms with van der Waals surface area (Å²) in [6.07, 6.45) is 9.83. The van der Waals surface area contributed by atoms with E-state index in [1.54, 1.807) is 0 Å². The van der Waals surface area contributed by atoms with Gasteiger partial charge < -0.3 is 9.80 Å². The van der Waals surface area contributed by atoms with Crippen molar-refractivity contribution in [2.24, 2.45) is 0 Å². The maximum absolute atomic E-state index is 12.8. The topological polar surface area (TPSA) is 49.3 Å². The maximum atomic E-state index is 12.8. The van der Waals surface area contributed by atoms with E-state index in [1.165, 1.54) is 43.2 Å². The van der Waals surface area contributed by atoms with Gasteiger partial charge in [0.2, 0.25) is 5.91 Å². The van der Waals surface area contributed by atoms with Crippen molar-refractivity contribution >= 4 is 11.7 Å². The van der Waals surface area contributed by atoms with Gasteiger partial charge in [0.1, 0.15) is 11.6 Å². The molecule has 1 aliphatic rings. The van der Waals surface area contributed by atoms with E-state index in [0.717, 1.165) is 62.8 Å². The first kappa shape index (κ1) is 24.2. The molecule has 5 nitrogen and oxygen atoms in total. The van der Waals surface area contributed by atoms with Crippen molar-refractivity contribution in [3.63, 3.8) is 0 Å². The Kier molecular flexibility index (Phi) is 9.51. The summed E-state index contributed by atoms with van der Waals surface area (Å²) in [5.41, 5.74) is 3.53. The number of amides is 1. The van der Waals surface area contributed by atoms with Gasteiger partial charge in [-0.3, -0.25) is 4.79 Å². The number of anilines is 1. The van der Waals surface area contributed by atoms with E-state index in [2.05, 4.69) is 59.0 Å². The molecule has 32 heavy (non-hydrogen) atoms. The molecule has 0 N–H and O–H groups in total. The minimum Gasteiger partial charge on any atom is -0.354 e. The zero-order chi connectivity index (χ0) is 22.8. The van der Waals surface area contributed by atoms with Crippen LogP contribution in [0.3, 0.4) is 0 Å². The summed E-state index contributed by atoms with van der Waals surface area (Å²) in [6.45, 7) is 9.69. The molecule has 0 radical (unpaired) electrons. The molecular formula is C27H40N4O. The number of aromatic nitrogens is 2. The Labute approximate surface area is 194 Å². The van der Waals surface area contributed by atoms with Crippen molar-refractivity contribution < 1.29 is 4.79 Å². The van der Waals surface area contributed by atoms with Crippen LogP contribution in [0.15, 0.2) is 30.3 Å². The number of nitrogens with zero attached hydrogens (tertiary/aromatic N) is 4. The Balaban J connectivity index is 1.61. The monoisotopic (exact) mass is 436 g/mol. The third kappa shape index (κ3) is 7.04. The quantitative estimate of drug-likeness (QED) is 0.463. The lowest BCUT2D eigenvalue weighted by atomic mass is 10.0. The van der Waals surface area contributed by atoms with E-state index in [-0.39, 0.29) is 0 Å². The van der Waals surface area contributed by atoms with Gasteiger partial charge in [-0.25, -0.2) is 9.97 Å². The molecule has 1 saturated heterocycles. The molecular weight excluding hydrogens is 396 g/mol. The Bertz CT molecular complexity index is 852. The van der Waals surface area contributed by atoms with Crippen LogP contribution in [0.4, 0.5) is 5.82 Å². The van der Waals surface area contributed by atoms with Crippen molar-refractivity contribution in [2.45, 2.75) is 78.6 Å². The predicted octanol–water partition coefficient (Wildman–Crippen LogP) is 5.47. The number of aryl methyl sites for hydroxylation is 2. The third-order valence-electron chi connectivity index (χ3n) is 6.42. The first-order chi connectivity index (χ1) is 15.6. The second kappa shape index (κ2) is 12.6. The fourth-order valence-corrected chi connectivity index (χ4v) is 4.58. The number of rotatable bonds is 10. The van der Waals surface area contributed by atoms with E-state index < -0.39 is 0 Å². The molecule has 1 aromatic carbocycles. The second-order valence-electron chi connectivity index (χ2n) is 9.06. The summed E-state index contributed by atoms with van der Waals surface area (Å²) < 4.78 is 0. The molecule has 1 amide bonds. The highest BCUT2D eigenvalue weighted by molar-refractivity contribution is 5.76. The molecule has 0 bridgehead atoms. The standard InChI is InChI=1S/C27H40N4O/c1-4-5-6-7-8-12-16-26(32)30-17-13-18-31(20-19-30)27-25(22(2)28-23(3)29-27)21-24-14-10-9-11-15-24/h9-11,14-15H,4-8,12-13,16-21H2,1-3H3. The van der Waals surface area contributed by atoms with Gasteiger partial charge in [-0.05, 0) is 32.3 Å². The highest BCUT2D eigenvalue weighted by Gasteiger charge is 2.22. The molecule has 0 unspecified atom stereocenters. The van der Waals surface area contributed by atoms with E-state index in [1.807, 2.05) is 6.92 Å². The summed E-state index contributed by atoms with van der Waals surface area (Å²) in [5.74, 6) is 2.18. The molecule has 3 rings (SSSR count). The third-order valence-corrected chi connectivity index (χ3v) is 6.42. The lowest BCUT2D eigenvalue weighted by molar-refractivity contribution is -0.131. The molecule has 2 heterocycles. The van der Waals surface area contributed by atoms with Crippen LogP contribution in [-0.4, -0.2) is 47.0 Å². The largest absolute Gasteiger partial charge is 0.354 e. The Morgan fingerprint density at radius 2 is 1.66 bits per heavy atom. The lowest BCUT2D eigenvalue weighted by Crippen LogP contribution is -2.35. The van der Waals surface area contributed by atoms with Gasteiger partial charge in [0.15, 0.2) is 0 Å². The Morgan fingerprint density at radius 3 is 2.44 bits per heavy atom. The zero-order valence-electron chi connectivity index (χ0n) is 20.3. The number of carbonyl (C=O) groups excluding carboxylic acids is 1. The average Bonchev–Trinajstić information content (AvgIpc) is 3.05. The predicted molar refractivity (Wildman–Crippen MR) is 132 cm³/mol. The van der Waals surface area contributed by atoms with Gasteiger partial charge >= 0.3 is 0 Å². The molecule has 0 spiro atoms. The van der Waals surface area contributed by atoms with Crippen LogP contribution in [0, 0.1) is 13.8 Å². The molecule has 0 saturated carbocycles. The molecule has 5 heteroatoms. The molecule has 1 fully saturated rings. The number of benzene rings is 1. The number of hydrogen-bond donors (Lipinski definition) is 0. The molecule has 174 valence electrons. The fourth-order valence-electron chi connectivity index (χ4n) is 4.58. The van der Waals surface area contributed by atoms with Gasteiger partial charge in [-0.2, -0.15) is 0 Å². The zero-order valence-corrected chi connectivity index (χ0v) is 20.3. The van der Waals surface area contributed by atoms with Gasteiger partial charge in [0.05, 0.1) is 0 Å². The van der Waals surface area contributed by atoms with Gasteiger partial charge in [0, 0.05) is 50.3 Å². The van der Waals surface area contributed by atoms with Crippen LogP contribution in [0.2, 0.25) is 0 Å². The summed E-state index contributed by atoms with van der Waals surface area (Å²) in [4.78, 5) is 26.7. The lowest BCUT2D eigenvalue weighted by Gasteiger charge is -2.26. The van der Waals surface area contributed by atoms with Crippen molar-refractivity contribution in [3.8, 4) is 0 Å². The van der Waals surface area contributed by atoms with Crippen LogP contribution >= 0.6 is 0 Å². The van der Waals surface area contributed by atoms with Crippen LogP contribution in [-0.2, 0) is 11.2 Å². The van der Waals surface area contributed by atoms with Crippen molar-refractivity contribution in [1.82, 2.24) is 14.9 Å². The highest BCUT2D eigenvalue weighted by atomic mass is 16.2. The Hall–Kier alpha value is -2.43. The number of carbonyl (C=O) groups is 1. The SMILES string of the molecule is CCCCCCCCC(=O)N1CCCN(c2nc(C)nc(C)c2Cc2ccccc2)CC1. The van der Waals surface area contributed by atoms with Gasteiger partial charge in [-0.15, -0.1) is 0 Å². The van der Waals surface area contributed by atoms with Crippen LogP contribution in [0.5, 0.6) is 0 Å². The van der Waals surface area contributed by atoms with Gasteiger partial charge in [-0.1, -0.05) is 69.4 Å². The smallest absolute Gasteiger partial charge is 0.222 e. The number of unbranched alkanes of at least 4 members (excludes halogenated alkanes) is 5. The average molecular weight is 437 g/mol. The van der Waals surface area contributed by atoms with Crippen molar-refractivity contribution in [3.05, 3.63) is 53.0 Å².